The van der Waals surface area contributed by atoms with Crippen molar-refractivity contribution in [3.8, 4) is 0 Å². The summed E-state index contributed by atoms with van der Waals surface area (Å²) in [5, 5.41) is 0. The summed E-state index contributed by atoms with van der Waals surface area (Å²) in [6, 6.07) is 24.0. The molecule has 0 saturated carbocycles. The van der Waals surface area contributed by atoms with E-state index in [2.05, 4.69) is 73.7 Å². The summed E-state index contributed by atoms with van der Waals surface area (Å²) in [4.78, 5) is 4.72. The second-order valence-corrected chi connectivity index (χ2v) is 9.18. The third-order valence-corrected chi connectivity index (χ3v) is 4.91. The van der Waals surface area contributed by atoms with E-state index < -0.39 is 10.1 Å². The third kappa shape index (κ3) is 6.49. The fourth-order valence-corrected chi connectivity index (χ4v) is 3.89. The van der Waals surface area contributed by atoms with Crippen LogP contribution < -0.4 is 0 Å². The lowest BCUT2D eigenvalue weighted by Crippen LogP contribution is -2.41. The molecule has 0 aliphatic carbocycles. The number of quaternary nitrogens is 1. The summed E-state index contributed by atoms with van der Waals surface area (Å²) in [5.74, 6) is 0. The van der Waals surface area contributed by atoms with Crippen LogP contribution in [-0.2, 0) is 36.3 Å². The average Bonchev–Trinajstić information content (AvgIpc) is 2.98. The number of pyridine rings is 1. The zero-order valence-corrected chi connectivity index (χ0v) is 17.6. The highest BCUT2D eigenvalue weighted by atomic mass is 32.2. The van der Waals surface area contributed by atoms with Crippen molar-refractivity contribution in [2.45, 2.75) is 33.1 Å². The highest BCUT2D eigenvalue weighted by Crippen LogP contribution is 2.33. The normalized spacial score (nSPS) is 14.6. The second kappa shape index (κ2) is 8.86. The lowest BCUT2D eigenvalue weighted by atomic mass is 10.1. The fourth-order valence-electron chi connectivity index (χ4n) is 3.89. The quantitative estimate of drug-likeness (QED) is 0.485. The Morgan fingerprint density at radius 1 is 0.931 bits per heavy atom. The molecule has 0 bridgehead atoms. The molecule has 0 atom stereocenters. The van der Waals surface area contributed by atoms with E-state index in [1.807, 2.05) is 6.20 Å². The van der Waals surface area contributed by atoms with Gasteiger partial charge in [0.1, 0.15) is 31.9 Å². The van der Waals surface area contributed by atoms with Crippen LogP contribution >= 0.6 is 0 Å². The monoisotopic (exact) mass is 410 g/mol. The molecule has 2 heterocycles. The zero-order chi connectivity index (χ0) is 20.9. The van der Waals surface area contributed by atoms with Gasteiger partial charge >= 0.3 is 0 Å². The maximum Gasteiger partial charge on any atom is 0.123 e. The molecule has 0 N–H and O–H groups in total. The second-order valence-electron chi connectivity index (χ2n) is 7.77. The van der Waals surface area contributed by atoms with E-state index >= 15 is 0 Å². The van der Waals surface area contributed by atoms with Crippen LogP contribution in [0.5, 0.6) is 0 Å². The van der Waals surface area contributed by atoms with Gasteiger partial charge in [0.15, 0.2) is 0 Å². The largest absolute Gasteiger partial charge is 0.748 e. The van der Waals surface area contributed by atoms with Gasteiger partial charge in [-0.25, -0.2) is 8.42 Å². The topological polar surface area (TPSA) is 70.1 Å². The predicted molar refractivity (Wildman–Crippen MR) is 113 cm³/mol. The van der Waals surface area contributed by atoms with Gasteiger partial charge in [0.05, 0.1) is 10.1 Å². The molecule has 2 aromatic carbocycles. The molecule has 5 nitrogen and oxygen atoms in total. The van der Waals surface area contributed by atoms with Crippen molar-refractivity contribution in [1.82, 2.24) is 4.98 Å². The summed E-state index contributed by atoms with van der Waals surface area (Å²) in [6.07, 6.45) is 2.61. The van der Waals surface area contributed by atoms with E-state index in [1.165, 1.54) is 27.9 Å². The summed E-state index contributed by atoms with van der Waals surface area (Å²) >= 11 is 0. The van der Waals surface area contributed by atoms with Crippen molar-refractivity contribution < 1.29 is 17.5 Å². The molecule has 1 aliphatic rings. The standard InChI is InChI=1S/C22H23N2.CH4O3S/c1-18-12-21-16-24(17-22(21)23-13-18,14-19-8-4-2-5-9-19)15-20-10-6-3-7-11-20;1-5(2,3)4/h2-13H,14-17H2,1H3;1H3,(H,2,3,4)/q+1;/p-1. The van der Waals surface area contributed by atoms with Gasteiger partial charge in [-0.1, -0.05) is 60.7 Å². The SMILES string of the molecule is CS(=O)(=O)[O-].Cc1cnc2c(c1)C[N+](Cc1ccccc1)(Cc1ccccc1)C2. The van der Waals surface area contributed by atoms with Crippen LogP contribution in [0.15, 0.2) is 72.9 Å². The van der Waals surface area contributed by atoms with Crippen LogP contribution in [0.1, 0.15) is 27.9 Å². The Morgan fingerprint density at radius 2 is 1.41 bits per heavy atom. The molecule has 29 heavy (non-hydrogen) atoms. The Hall–Kier alpha value is -2.54. The van der Waals surface area contributed by atoms with Crippen molar-refractivity contribution in [1.29, 1.82) is 0 Å². The van der Waals surface area contributed by atoms with Crippen molar-refractivity contribution >= 4 is 10.1 Å². The van der Waals surface area contributed by atoms with E-state index in [0.29, 0.717) is 6.26 Å². The number of benzene rings is 2. The van der Waals surface area contributed by atoms with Gasteiger partial charge in [-0.05, 0) is 18.6 Å². The summed E-state index contributed by atoms with van der Waals surface area (Å²) in [5.41, 5.74) is 6.75. The van der Waals surface area contributed by atoms with Crippen LogP contribution in [-0.4, -0.2) is 28.7 Å². The van der Waals surface area contributed by atoms with E-state index in [-0.39, 0.29) is 0 Å². The van der Waals surface area contributed by atoms with Gasteiger partial charge in [-0.15, -0.1) is 0 Å². The molecule has 0 unspecified atom stereocenters. The van der Waals surface area contributed by atoms with Crippen LogP contribution in [0, 0.1) is 6.92 Å². The first-order chi connectivity index (χ1) is 13.7. The van der Waals surface area contributed by atoms with Gasteiger partial charge in [-0.2, -0.15) is 0 Å². The van der Waals surface area contributed by atoms with Gasteiger partial charge < -0.3 is 9.04 Å². The smallest absolute Gasteiger partial charge is 0.123 e. The van der Waals surface area contributed by atoms with Crippen LogP contribution in [0.2, 0.25) is 0 Å². The molecular formula is C23H26N2O3S. The summed E-state index contributed by atoms with van der Waals surface area (Å²) in [6.45, 7) is 6.30. The van der Waals surface area contributed by atoms with Gasteiger partial charge in [0.2, 0.25) is 0 Å². The van der Waals surface area contributed by atoms with E-state index in [9.17, 15) is 0 Å². The minimum absolute atomic E-state index is 0.604. The molecule has 1 aliphatic heterocycles. The van der Waals surface area contributed by atoms with Crippen molar-refractivity contribution in [3.05, 3.63) is 101 Å². The number of fused-ring (bicyclic) bond motifs is 1. The Kier molecular flexibility index (Phi) is 6.47. The molecule has 3 aromatic rings. The minimum atomic E-state index is -3.92. The molecule has 0 fully saturated rings. The van der Waals surface area contributed by atoms with Gasteiger partial charge in [0, 0.05) is 29.1 Å². The lowest BCUT2D eigenvalue weighted by molar-refractivity contribution is -0.972. The van der Waals surface area contributed by atoms with E-state index in [1.54, 1.807) is 0 Å². The Morgan fingerprint density at radius 3 is 1.90 bits per heavy atom. The number of aromatic nitrogens is 1. The molecular weight excluding hydrogens is 384 g/mol. The highest BCUT2D eigenvalue weighted by Gasteiger charge is 2.37. The number of hydrogen-bond acceptors (Lipinski definition) is 4. The number of hydrogen-bond donors (Lipinski definition) is 0. The molecule has 1 aromatic heterocycles. The van der Waals surface area contributed by atoms with Crippen molar-refractivity contribution in [2.24, 2.45) is 0 Å². The van der Waals surface area contributed by atoms with Crippen LogP contribution in [0.25, 0.3) is 0 Å². The molecule has 0 spiro atoms. The Balaban J connectivity index is 0.000000431. The average molecular weight is 411 g/mol. The summed E-state index contributed by atoms with van der Waals surface area (Å²) in [7, 11) is -3.92. The molecule has 152 valence electrons. The summed E-state index contributed by atoms with van der Waals surface area (Å²) < 4.78 is 28.3. The molecule has 0 radical (unpaired) electrons. The molecule has 0 amide bonds. The first kappa shape index (κ1) is 21.2. The van der Waals surface area contributed by atoms with Crippen molar-refractivity contribution in [3.63, 3.8) is 0 Å². The number of aryl methyl sites for hydroxylation is 1. The lowest BCUT2D eigenvalue weighted by Gasteiger charge is -2.34. The first-order valence-corrected chi connectivity index (χ1v) is 11.3. The van der Waals surface area contributed by atoms with E-state index in [4.69, 9.17) is 18.0 Å². The van der Waals surface area contributed by atoms with Crippen LogP contribution in [0.3, 0.4) is 0 Å². The van der Waals surface area contributed by atoms with Gasteiger partial charge in [0.25, 0.3) is 0 Å². The maximum atomic E-state index is 9.08. The first-order valence-electron chi connectivity index (χ1n) is 9.51. The van der Waals surface area contributed by atoms with Crippen LogP contribution in [0.4, 0.5) is 0 Å². The molecule has 6 heteroatoms. The highest BCUT2D eigenvalue weighted by molar-refractivity contribution is 7.84. The zero-order valence-electron chi connectivity index (χ0n) is 16.8. The Bertz CT molecular complexity index is 1000. The fraction of sp³-hybridized carbons (Fsp3) is 0.261. The van der Waals surface area contributed by atoms with Crippen molar-refractivity contribution in [2.75, 3.05) is 6.26 Å². The molecule has 4 rings (SSSR count). The predicted octanol–water partition coefficient (Wildman–Crippen LogP) is 3.78. The minimum Gasteiger partial charge on any atom is -0.748 e. The number of rotatable bonds is 4. The Labute approximate surface area is 173 Å². The number of nitrogens with zero attached hydrogens (tertiary/aromatic N) is 2. The third-order valence-electron chi connectivity index (χ3n) is 4.91. The van der Waals surface area contributed by atoms with Gasteiger partial charge in [-0.3, -0.25) is 4.98 Å². The maximum absolute atomic E-state index is 9.08. The molecule has 0 saturated heterocycles. The van der Waals surface area contributed by atoms with E-state index in [0.717, 1.165) is 30.7 Å².